The molecule has 0 unspecified atom stereocenters. The highest BCUT2D eigenvalue weighted by Crippen LogP contribution is 2.32. The van der Waals surface area contributed by atoms with E-state index in [-0.39, 0.29) is 5.41 Å². The van der Waals surface area contributed by atoms with Crippen LogP contribution in [0.1, 0.15) is 31.9 Å². The van der Waals surface area contributed by atoms with Crippen LogP contribution >= 0.6 is 0 Å². The summed E-state index contributed by atoms with van der Waals surface area (Å²) >= 11 is 0. The van der Waals surface area contributed by atoms with Crippen molar-refractivity contribution in [1.29, 1.82) is 0 Å². The van der Waals surface area contributed by atoms with Crippen LogP contribution in [0.3, 0.4) is 0 Å². The SMILES string of the molecule is CCc1ccc(OC)c(C(C)(C)CNCCNC)c1. The van der Waals surface area contributed by atoms with Crippen LogP contribution in [0.5, 0.6) is 5.75 Å². The molecule has 0 bridgehead atoms. The van der Waals surface area contributed by atoms with E-state index in [1.54, 1.807) is 7.11 Å². The smallest absolute Gasteiger partial charge is 0.122 e. The molecule has 0 spiro atoms. The predicted octanol–water partition coefficient (Wildman–Crippen LogP) is 2.34. The highest BCUT2D eigenvalue weighted by Gasteiger charge is 2.24. The molecule has 0 atom stereocenters. The van der Waals surface area contributed by atoms with Crippen LogP contribution in [0.25, 0.3) is 0 Å². The zero-order valence-corrected chi connectivity index (χ0v) is 13.0. The van der Waals surface area contributed by atoms with Gasteiger partial charge in [-0.15, -0.1) is 0 Å². The molecule has 3 heteroatoms. The lowest BCUT2D eigenvalue weighted by Gasteiger charge is -2.28. The maximum Gasteiger partial charge on any atom is 0.122 e. The molecule has 0 amide bonds. The topological polar surface area (TPSA) is 33.3 Å². The van der Waals surface area contributed by atoms with Crippen molar-refractivity contribution in [3.8, 4) is 5.75 Å². The van der Waals surface area contributed by atoms with Crippen LogP contribution in [0.4, 0.5) is 0 Å². The number of nitrogens with one attached hydrogen (secondary N) is 2. The van der Waals surface area contributed by atoms with E-state index < -0.39 is 0 Å². The molecule has 0 radical (unpaired) electrons. The normalized spacial score (nSPS) is 11.6. The fourth-order valence-corrected chi connectivity index (χ4v) is 2.21. The second-order valence-corrected chi connectivity index (χ2v) is 5.55. The lowest BCUT2D eigenvalue weighted by molar-refractivity contribution is 0.385. The average molecular weight is 264 g/mol. The van der Waals surface area contributed by atoms with E-state index in [0.29, 0.717) is 0 Å². The third-order valence-corrected chi connectivity index (χ3v) is 3.52. The Kier molecular flexibility index (Phi) is 6.32. The quantitative estimate of drug-likeness (QED) is 0.707. The minimum Gasteiger partial charge on any atom is -0.496 e. The Hall–Kier alpha value is -1.06. The van der Waals surface area contributed by atoms with Crippen molar-refractivity contribution in [2.24, 2.45) is 0 Å². The monoisotopic (exact) mass is 264 g/mol. The van der Waals surface area contributed by atoms with Crippen molar-refractivity contribution in [3.05, 3.63) is 29.3 Å². The average Bonchev–Trinajstić information content (AvgIpc) is 2.43. The van der Waals surface area contributed by atoms with Gasteiger partial charge in [-0.05, 0) is 25.1 Å². The Morgan fingerprint density at radius 1 is 1.21 bits per heavy atom. The number of likely N-dealkylation sites (N-methyl/N-ethyl adjacent to an activating group) is 1. The lowest BCUT2D eigenvalue weighted by Crippen LogP contribution is -2.36. The van der Waals surface area contributed by atoms with Crippen molar-refractivity contribution in [2.45, 2.75) is 32.6 Å². The first kappa shape index (κ1) is 16.0. The predicted molar refractivity (Wildman–Crippen MR) is 82.2 cm³/mol. The maximum atomic E-state index is 5.52. The molecule has 2 N–H and O–H groups in total. The van der Waals surface area contributed by atoms with Crippen LogP contribution in [-0.2, 0) is 11.8 Å². The Balaban J connectivity index is 2.85. The summed E-state index contributed by atoms with van der Waals surface area (Å²) in [5, 5.41) is 6.64. The van der Waals surface area contributed by atoms with Gasteiger partial charge in [0.1, 0.15) is 5.75 Å². The van der Waals surface area contributed by atoms with Crippen molar-refractivity contribution >= 4 is 0 Å². The first-order valence-electron chi connectivity index (χ1n) is 7.08. The first-order chi connectivity index (χ1) is 9.05. The van der Waals surface area contributed by atoms with Gasteiger partial charge in [0.05, 0.1) is 7.11 Å². The minimum absolute atomic E-state index is 0.0598. The summed E-state index contributed by atoms with van der Waals surface area (Å²) in [7, 11) is 3.72. The molecular weight excluding hydrogens is 236 g/mol. The Morgan fingerprint density at radius 3 is 2.53 bits per heavy atom. The van der Waals surface area contributed by atoms with Gasteiger partial charge < -0.3 is 15.4 Å². The summed E-state index contributed by atoms with van der Waals surface area (Å²) in [4.78, 5) is 0. The zero-order valence-electron chi connectivity index (χ0n) is 13.0. The number of aryl methyl sites for hydroxylation is 1. The Labute approximate surface area is 117 Å². The molecule has 19 heavy (non-hydrogen) atoms. The van der Waals surface area contributed by atoms with E-state index in [4.69, 9.17) is 4.74 Å². The molecule has 0 aliphatic carbocycles. The van der Waals surface area contributed by atoms with Crippen molar-refractivity contribution < 1.29 is 4.74 Å². The highest BCUT2D eigenvalue weighted by atomic mass is 16.5. The van der Waals surface area contributed by atoms with Crippen molar-refractivity contribution in [2.75, 3.05) is 33.8 Å². The summed E-state index contributed by atoms with van der Waals surface area (Å²) in [5.41, 5.74) is 2.70. The van der Waals surface area contributed by atoms with Gasteiger partial charge in [-0.25, -0.2) is 0 Å². The van der Waals surface area contributed by atoms with Gasteiger partial charge in [0.15, 0.2) is 0 Å². The summed E-state index contributed by atoms with van der Waals surface area (Å²) in [6.45, 7) is 9.62. The summed E-state index contributed by atoms with van der Waals surface area (Å²) in [5.74, 6) is 0.984. The Bertz CT molecular complexity index is 388. The number of benzene rings is 1. The molecule has 0 aromatic heterocycles. The number of hydrogen-bond donors (Lipinski definition) is 2. The summed E-state index contributed by atoms with van der Waals surface area (Å²) in [6.07, 6.45) is 1.06. The molecule has 0 aliphatic rings. The van der Waals surface area contributed by atoms with Gasteiger partial charge in [0, 0.05) is 30.6 Å². The Morgan fingerprint density at radius 2 is 1.95 bits per heavy atom. The number of ether oxygens (including phenoxy) is 1. The first-order valence-corrected chi connectivity index (χ1v) is 7.08. The van der Waals surface area contributed by atoms with E-state index in [1.165, 1.54) is 11.1 Å². The molecule has 0 heterocycles. The molecule has 3 nitrogen and oxygen atoms in total. The van der Waals surface area contributed by atoms with Crippen LogP contribution in [0.2, 0.25) is 0 Å². The number of methoxy groups -OCH3 is 1. The van der Waals surface area contributed by atoms with Gasteiger partial charge in [-0.3, -0.25) is 0 Å². The minimum atomic E-state index is 0.0598. The van der Waals surface area contributed by atoms with Crippen LogP contribution < -0.4 is 15.4 Å². The molecule has 108 valence electrons. The van der Waals surface area contributed by atoms with Crippen LogP contribution in [0.15, 0.2) is 18.2 Å². The fourth-order valence-electron chi connectivity index (χ4n) is 2.21. The third kappa shape index (κ3) is 4.51. The molecule has 0 saturated carbocycles. The lowest BCUT2D eigenvalue weighted by atomic mass is 9.83. The number of rotatable bonds is 8. The van der Waals surface area contributed by atoms with Gasteiger partial charge in [0.25, 0.3) is 0 Å². The van der Waals surface area contributed by atoms with Gasteiger partial charge in [0.2, 0.25) is 0 Å². The van der Waals surface area contributed by atoms with Crippen LogP contribution in [0, 0.1) is 0 Å². The fraction of sp³-hybridized carbons (Fsp3) is 0.625. The standard InChI is InChI=1S/C16H28N2O/c1-6-13-7-8-15(19-5)14(11-13)16(2,3)12-18-10-9-17-4/h7-8,11,17-18H,6,9-10,12H2,1-5H3. The highest BCUT2D eigenvalue weighted by molar-refractivity contribution is 5.42. The molecule has 1 rings (SSSR count). The van der Waals surface area contributed by atoms with E-state index in [0.717, 1.165) is 31.8 Å². The zero-order chi connectivity index (χ0) is 14.3. The maximum absolute atomic E-state index is 5.52. The van der Waals surface area contributed by atoms with E-state index in [1.807, 2.05) is 7.05 Å². The van der Waals surface area contributed by atoms with Crippen molar-refractivity contribution in [3.63, 3.8) is 0 Å². The molecule has 0 saturated heterocycles. The van der Waals surface area contributed by atoms with Gasteiger partial charge >= 0.3 is 0 Å². The largest absolute Gasteiger partial charge is 0.496 e. The van der Waals surface area contributed by atoms with Crippen molar-refractivity contribution in [1.82, 2.24) is 10.6 Å². The van der Waals surface area contributed by atoms with E-state index >= 15 is 0 Å². The van der Waals surface area contributed by atoms with Gasteiger partial charge in [-0.1, -0.05) is 32.9 Å². The molecular formula is C16H28N2O. The molecule has 0 aliphatic heterocycles. The second kappa shape index (κ2) is 7.51. The second-order valence-electron chi connectivity index (χ2n) is 5.55. The van der Waals surface area contributed by atoms with E-state index in [2.05, 4.69) is 49.6 Å². The molecule has 0 fully saturated rings. The van der Waals surface area contributed by atoms with Gasteiger partial charge in [-0.2, -0.15) is 0 Å². The molecule has 1 aromatic carbocycles. The summed E-state index contributed by atoms with van der Waals surface area (Å²) < 4.78 is 5.52. The third-order valence-electron chi connectivity index (χ3n) is 3.52. The van der Waals surface area contributed by atoms with E-state index in [9.17, 15) is 0 Å². The summed E-state index contributed by atoms with van der Waals surface area (Å²) in [6, 6.07) is 6.51. The number of hydrogen-bond acceptors (Lipinski definition) is 3. The molecule has 1 aromatic rings. The van der Waals surface area contributed by atoms with Crippen LogP contribution in [-0.4, -0.2) is 33.8 Å².